The molecule has 2 N–H and O–H groups in total. The molecule has 114 heavy (non-hydrogen) atoms. The summed E-state index contributed by atoms with van der Waals surface area (Å²) in [5.41, 5.74) is -1.10. The number of carbonyl (C=O) groups excluding carboxylic acids is 6. The number of unbranched alkanes of at least 4 members (excludes halogenated alkanes) is 44. The van der Waals surface area contributed by atoms with Crippen molar-refractivity contribution in [2.45, 2.75) is 544 Å². The van der Waals surface area contributed by atoms with E-state index in [4.69, 9.17) is 18.9 Å². The van der Waals surface area contributed by atoms with Crippen LogP contribution in [0.3, 0.4) is 0 Å². The Balaban J connectivity index is 5.79. The number of rotatable bonds is 89. The van der Waals surface area contributed by atoms with E-state index in [2.05, 4.69) is 89.7 Å². The molecule has 2 amide bonds. The van der Waals surface area contributed by atoms with Crippen molar-refractivity contribution in [1.29, 1.82) is 0 Å². The quantitative estimate of drug-likeness (QED) is 0.0336. The molecule has 14 heteroatoms. The summed E-state index contributed by atoms with van der Waals surface area (Å²) in [6, 6.07) is 0. The summed E-state index contributed by atoms with van der Waals surface area (Å²) in [6.07, 6.45) is 74.0. The molecule has 0 aliphatic carbocycles. The zero-order valence-corrected chi connectivity index (χ0v) is 78.0. The Bertz CT molecular complexity index is 2140. The first-order valence-corrected chi connectivity index (χ1v) is 50.1. The molecule has 14 nitrogen and oxygen atoms in total. The average Bonchev–Trinajstić information content (AvgIpc) is 0.874. The third kappa shape index (κ3) is 70.6. The summed E-state index contributed by atoms with van der Waals surface area (Å²) in [6.45, 7) is 32.0. The third-order valence-corrected chi connectivity index (χ3v) is 24.3. The molecule has 0 aliphatic rings. The van der Waals surface area contributed by atoms with Gasteiger partial charge in [0.15, 0.2) is 0 Å². The van der Waals surface area contributed by atoms with Gasteiger partial charge < -0.3 is 39.4 Å². The molecule has 0 bridgehead atoms. The lowest BCUT2D eigenvalue weighted by atomic mass is 9.86. The van der Waals surface area contributed by atoms with Crippen LogP contribution in [0.15, 0.2) is 0 Å². The molecule has 0 saturated heterocycles. The third-order valence-electron chi connectivity index (χ3n) is 24.3. The topological polar surface area (TPSA) is 170 Å². The average molecular weight is 1610 g/mol. The van der Waals surface area contributed by atoms with Crippen molar-refractivity contribution < 1.29 is 47.7 Å². The van der Waals surface area contributed by atoms with Crippen LogP contribution in [0.2, 0.25) is 0 Å². The summed E-state index contributed by atoms with van der Waals surface area (Å²) in [5, 5.41) is 6.28. The lowest BCUT2D eigenvalue weighted by Crippen LogP contribution is -2.38. The molecule has 0 fully saturated rings. The highest BCUT2D eigenvalue weighted by Crippen LogP contribution is 2.31. The fourth-order valence-corrected chi connectivity index (χ4v) is 16.0. The largest absolute Gasteiger partial charge is 0.462 e. The Morgan fingerprint density at radius 2 is 0.465 bits per heavy atom. The maximum Gasteiger partial charge on any atom is 0.311 e. The molecule has 0 heterocycles. The number of nitrogens with one attached hydrogen (secondary N) is 2. The maximum absolute atomic E-state index is 13.8. The van der Waals surface area contributed by atoms with Gasteiger partial charge in [0.05, 0.1) is 10.8 Å². The van der Waals surface area contributed by atoms with Crippen LogP contribution < -0.4 is 10.6 Å². The smallest absolute Gasteiger partial charge is 0.311 e. The number of carbonyl (C=O) groups is 6. The highest BCUT2D eigenvalue weighted by molar-refractivity contribution is 5.83. The molecule has 0 aliphatic heterocycles. The van der Waals surface area contributed by atoms with Crippen LogP contribution in [-0.4, -0.2) is 122 Å². The van der Waals surface area contributed by atoms with E-state index in [0.29, 0.717) is 39.0 Å². The lowest BCUT2D eigenvalue weighted by Gasteiger charge is -2.27. The van der Waals surface area contributed by atoms with Crippen LogP contribution in [-0.2, 0) is 47.7 Å². The van der Waals surface area contributed by atoms with Crippen LogP contribution in [0.4, 0.5) is 0 Å². The zero-order chi connectivity index (χ0) is 83.9. The van der Waals surface area contributed by atoms with E-state index >= 15 is 0 Å². The first-order chi connectivity index (χ1) is 55.3. The summed E-state index contributed by atoms with van der Waals surface area (Å²) in [7, 11) is 0. The van der Waals surface area contributed by atoms with Gasteiger partial charge in [0, 0.05) is 51.9 Å². The summed E-state index contributed by atoms with van der Waals surface area (Å²) < 4.78 is 24.7. The number of amides is 2. The van der Waals surface area contributed by atoms with Crippen LogP contribution in [0, 0.1) is 10.8 Å². The van der Waals surface area contributed by atoms with E-state index in [1.807, 2.05) is 13.8 Å². The van der Waals surface area contributed by atoms with Gasteiger partial charge in [-0.05, 0) is 195 Å². The first-order valence-electron chi connectivity index (χ1n) is 50.1. The van der Waals surface area contributed by atoms with Gasteiger partial charge in [0.25, 0.3) is 0 Å². The summed E-state index contributed by atoms with van der Waals surface area (Å²) in [5.74, 6) is -0.473. The predicted molar refractivity (Wildman–Crippen MR) is 485 cm³/mol. The van der Waals surface area contributed by atoms with E-state index in [9.17, 15) is 28.8 Å². The Kier molecular flexibility index (Phi) is 78.5. The van der Waals surface area contributed by atoms with Crippen molar-refractivity contribution in [3.05, 3.63) is 0 Å². The highest BCUT2D eigenvalue weighted by Gasteiger charge is 2.32. The van der Waals surface area contributed by atoms with Crippen molar-refractivity contribution in [2.24, 2.45) is 10.8 Å². The van der Waals surface area contributed by atoms with E-state index in [1.165, 1.54) is 218 Å². The van der Waals surface area contributed by atoms with Crippen molar-refractivity contribution in [1.82, 2.24) is 20.4 Å². The van der Waals surface area contributed by atoms with E-state index in [0.717, 1.165) is 219 Å². The van der Waals surface area contributed by atoms with E-state index < -0.39 is 10.8 Å². The Labute approximate surface area is 707 Å². The van der Waals surface area contributed by atoms with Crippen LogP contribution in [0.1, 0.15) is 520 Å². The van der Waals surface area contributed by atoms with Gasteiger partial charge in [-0.25, -0.2) is 0 Å². The molecule has 0 rings (SSSR count). The second-order valence-corrected chi connectivity index (χ2v) is 36.4. The highest BCUT2D eigenvalue weighted by atomic mass is 16.6. The second kappa shape index (κ2) is 80.8. The number of nitrogens with zero attached hydrogens (tertiary/aromatic N) is 2. The second-order valence-electron chi connectivity index (χ2n) is 36.4. The minimum Gasteiger partial charge on any atom is -0.462 e. The standard InChI is InChI=1S/C100H194N4O10/c1-13-21-27-33-39-41-48-55-69-89(19-7)111-95(107)76-62-54-67-85-103(84-66-53-51-63-79-99(9,10)98(110)114-92(73-59-46-37-31-25-17-5)74-60-47-38-32-26-18-6)87-81-101-93(105)77-78-94(106)102-82-88-104(86-68-64-80-100(11,12)97(109)113-90(20-8)70-56-49-42-40-34-28-22-14-2)83-65-52-43-50-61-75-96(108)112-91(71-57-44-35-29-23-15-3)72-58-45-36-30-24-16-4/h89-92H,13-88H2,1-12H3,(H,101,105)(H,102,106)/t89-,90?/m0/s1. The molecule has 0 saturated carbocycles. The Hall–Kier alpha value is -3.26. The van der Waals surface area contributed by atoms with Crippen molar-refractivity contribution in [3.63, 3.8) is 0 Å². The maximum atomic E-state index is 13.8. The van der Waals surface area contributed by atoms with Crippen molar-refractivity contribution in [3.8, 4) is 0 Å². The number of ether oxygens (including phenoxy) is 4. The molecular formula is C100H194N4O10. The van der Waals surface area contributed by atoms with Gasteiger partial charge in [0.1, 0.15) is 24.4 Å². The molecule has 0 aromatic carbocycles. The van der Waals surface area contributed by atoms with Crippen molar-refractivity contribution >= 4 is 35.7 Å². The van der Waals surface area contributed by atoms with Crippen molar-refractivity contribution in [2.75, 3.05) is 52.4 Å². The van der Waals surface area contributed by atoms with Gasteiger partial charge in [-0.1, -0.05) is 325 Å². The monoisotopic (exact) mass is 1610 g/mol. The van der Waals surface area contributed by atoms with E-state index in [-0.39, 0.29) is 72.9 Å². The minimum atomic E-state index is -0.570. The van der Waals surface area contributed by atoms with Gasteiger partial charge in [-0.15, -0.1) is 0 Å². The molecule has 2 atom stereocenters. The first kappa shape index (κ1) is 111. The molecule has 0 spiro atoms. The molecule has 674 valence electrons. The number of hydrogen-bond acceptors (Lipinski definition) is 12. The fourth-order valence-electron chi connectivity index (χ4n) is 16.0. The number of hydrogen-bond donors (Lipinski definition) is 2. The van der Waals surface area contributed by atoms with Gasteiger partial charge in [-0.3, -0.25) is 28.8 Å². The van der Waals surface area contributed by atoms with Gasteiger partial charge >= 0.3 is 23.9 Å². The van der Waals surface area contributed by atoms with E-state index in [1.54, 1.807) is 0 Å². The van der Waals surface area contributed by atoms with Crippen LogP contribution >= 0.6 is 0 Å². The zero-order valence-electron chi connectivity index (χ0n) is 78.0. The Morgan fingerprint density at radius 1 is 0.246 bits per heavy atom. The normalized spacial score (nSPS) is 12.5. The predicted octanol–water partition coefficient (Wildman–Crippen LogP) is 28.2. The SMILES string of the molecule is CCCCCCCCCCC(CC)OC(=O)C(C)(C)CCCCN(CCCCCCCC(=O)OC(CCCCCCCC)CCCCCCCC)CCNC(=O)CCC(=O)NCCN(CCCCCCC(C)(C)C(=O)OC(CCCCCCCC)CCCCCCCC)CCCCCC(=O)O[C@@H](CC)CCCCCCCCCC. The fraction of sp³-hybridized carbons (Fsp3) is 0.940. The molecule has 0 aromatic rings. The van der Waals surface area contributed by atoms with Gasteiger partial charge in [0.2, 0.25) is 11.8 Å². The van der Waals surface area contributed by atoms with Crippen LogP contribution in [0.5, 0.6) is 0 Å². The molecule has 0 aromatic heterocycles. The summed E-state index contributed by atoms with van der Waals surface area (Å²) >= 11 is 0. The molecule has 0 radical (unpaired) electrons. The molecule has 1 unspecified atom stereocenters. The minimum absolute atomic E-state index is 0.00571. The lowest BCUT2D eigenvalue weighted by molar-refractivity contribution is -0.161. The summed E-state index contributed by atoms with van der Waals surface area (Å²) in [4.78, 5) is 85.4. The van der Waals surface area contributed by atoms with Crippen LogP contribution in [0.25, 0.3) is 0 Å². The number of esters is 4. The van der Waals surface area contributed by atoms with Gasteiger partial charge in [-0.2, -0.15) is 0 Å². The molecular weight excluding hydrogens is 1420 g/mol. The Morgan fingerprint density at radius 3 is 0.781 bits per heavy atom.